The number of para-hydroxylation sites is 1. The van der Waals surface area contributed by atoms with Crippen molar-refractivity contribution in [1.29, 1.82) is 0 Å². The summed E-state index contributed by atoms with van der Waals surface area (Å²) in [6.45, 7) is 1.36. The van der Waals surface area contributed by atoms with Crippen LogP contribution in [0, 0.1) is 6.92 Å². The Morgan fingerprint density at radius 3 is 2.47 bits per heavy atom. The number of rotatable bonds is 8. The van der Waals surface area contributed by atoms with E-state index >= 15 is 0 Å². The van der Waals surface area contributed by atoms with Crippen molar-refractivity contribution in [2.24, 2.45) is 0 Å². The number of carbonyl (C=O) groups is 1. The fourth-order valence-corrected chi connectivity index (χ4v) is 3.42. The molecule has 0 radical (unpaired) electrons. The van der Waals surface area contributed by atoms with Crippen LogP contribution in [0.2, 0.25) is 0 Å². The summed E-state index contributed by atoms with van der Waals surface area (Å²) in [5.74, 6) is -2.75. The topological polar surface area (TPSA) is 120 Å². The van der Waals surface area contributed by atoms with Crippen LogP contribution in [0.5, 0.6) is 5.75 Å². The maximum atomic E-state index is 12.5. The Bertz CT molecular complexity index is 1130. The quantitative estimate of drug-likeness (QED) is 0.548. The molecule has 0 spiro atoms. The molecule has 0 aliphatic rings. The molecule has 0 bridgehead atoms. The molecule has 1 atom stereocenters. The van der Waals surface area contributed by atoms with Gasteiger partial charge in [0.05, 0.1) is 12.2 Å². The van der Waals surface area contributed by atoms with Gasteiger partial charge in [-0.3, -0.25) is 13.3 Å². The molecule has 0 saturated carbocycles. The standard InChI is InChI=1S/C21H19NO7S/c1-14-7-5-6-10-17(14)22(30(26)27)12-16-11-18(23)19(20(29-16)21(24)25)28-13-15-8-3-2-4-9-15/h2-11H,12-13H2,1H3,(H,24,25)(H,26,27)/p-1. The summed E-state index contributed by atoms with van der Waals surface area (Å²) in [6.07, 6.45) is 0. The van der Waals surface area contributed by atoms with Gasteiger partial charge in [0.2, 0.25) is 11.2 Å². The maximum Gasteiger partial charge on any atom is 0.375 e. The number of hydrogen-bond acceptors (Lipinski definition) is 6. The summed E-state index contributed by atoms with van der Waals surface area (Å²) in [7, 11) is 0. The van der Waals surface area contributed by atoms with Crippen LogP contribution in [0.1, 0.15) is 27.4 Å². The molecule has 9 heteroatoms. The van der Waals surface area contributed by atoms with Gasteiger partial charge < -0.3 is 18.8 Å². The highest BCUT2D eigenvalue weighted by Gasteiger charge is 2.22. The minimum Gasteiger partial charge on any atom is -0.755 e. The zero-order valence-corrected chi connectivity index (χ0v) is 16.8. The Hall–Kier alpha value is -3.43. The van der Waals surface area contributed by atoms with Gasteiger partial charge in [0.25, 0.3) is 5.76 Å². The first-order chi connectivity index (χ1) is 14.4. The molecule has 8 nitrogen and oxygen atoms in total. The van der Waals surface area contributed by atoms with Crippen molar-refractivity contribution in [2.75, 3.05) is 4.31 Å². The van der Waals surface area contributed by atoms with Crippen molar-refractivity contribution in [1.82, 2.24) is 0 Å². The van der Waals surface area contributed by atoms with Crippen LogP contribution >= 0.6 is 0 Å². The zero-order valence-electron chi connectivity index (χ0n) is 15.9. The van der Waals surface area contributed by atoms with Gasteiger partial charge in [0.15, 0.2) is 0 Å². The first-order valence-corrected chi connectivity index (χ1v) is 9.89. The molecular formula is C21H18NO7S-. The average molecular weight is 428 g/mol. The smallest absolute Gasteiger partial charge is 0.375 e. The van der Waals surface area contributed by atoms with Crippen LogP contribution in [-0.4, -0.2) is 19.8 Å². The second kappa shape index (κ2) is 9.38. The molecule has 0 saturated heterocycles. The van der Waals surface area contributed by atoms with Crippen molar-refractivity contribution in [3.8, 4) is 5.75 Å². The Morgan fingerprint density at radius 2 is 1.83 bits per heavy atom. The Morgan fingerprint density at radius 1 is 1.17 bits per heavy atom. The van der Waals surface area contributed by atoms with Crippen molar-refractivity contribution >= 4 is 22.9 Å². The minimum absolute atomic E-state index is 0.0227. The second-order valence-electron chi connectivity index (χ2n) is 6.35. The number of ether oxygens (including phenoxy) is 1. The van der Waals surface area contributed by atoms with Gasteiger partial charge in [-0.2, -0.15) is 0 Å². The molecule has 3 rings (SSSR count). The Labute approximate surface area is 174 Å². The van der Waals surface area contributed by atoms with E-state index in [9.17, 15) is 23.5 Å². The molecule has 1 aromatic heterocycles. The van der Waals surface area contributed by atoms with Crippen molar-refractivity contribution in [2.45, 2.75) is 20.1 Å². The molecule has 0 aliphatic carbocycles. The number of anilines is 1. The molecule has 0 amide bonds. The number of aromatic carboxylic acids is 1. The van der Waals surface area contributed by atoms with Gasteiger partial charge in [0, 0.05) is 17.3 Å². The molecule has 2 aromatic carbocycles. The molecule has 0 aliphatic heterocycles. The summed E-state index contributed by atoms with van der Waals surface area (Å²) in [5, 5.41) is 9.47. The number of carboxylic acids is 1. The van der Waals surface area contributed by atoms with Gasteiger partial charge in [-0.1, -0.05) is 48.5 Å². The number of carboxylic acid groups (broad SMARTS) is 1. The number of benzene rings is 2. The first kappa shape index (κ1) is 21.3. The minimum atomic E-state index is -2.68. The molecule has 1 unspecified atom stereocenters. The highest BCUT2D eigenvalue weighted by atomic mass is 32.2. The van der Waals surface area contributed by atoms with Crippen LogP contribution in [0.15, 0.2) is 69.9 Å². The second-order valence-corrected chi connectivity index (χ2v) is 7.23. The summed E-state index contributed by atoms with van der Waals surface area (Å²) in [5.41, 5.74) is 1.09. The Balaban J connectivity index is 1.92. The predicted molar refractivity (Wildman–Crippen MR) is 109 cm³/mol. The Kier molecular flexibility index (Phi) is 6.65. The van der Waals surface area contributed by atoms with E-state index in [0.717, 1.165) is 15.9 Å². The van der Waals surface area contributed by atoms with E-state index in [-0.39, 0.29) is 18.9 Å². The molecule has 1 heterocycles. The number of aryl methyl sites for hydroxylation is 1. The van der Waals surface area contributed by atoms with Crippen LogP contribution in [0.4, 0.5) is 5.69 Å². The third-order valence-corrected chi connectivity index (χ3v) is 4.92. The summed E-state index contributed by atoms with van der Waals surface area (Å²) in [4.78, 5) is 24.2. The van der Waals surface area contributed by atoms with E-state index in [4.69, 9.17) is 9.15 Å². The largest absolute Gasteiger partial charge is 0.755 e. The normalized spacial score (nSPS) is 11.7. The van der Waals surface area contributed by atoms with Crippen LogP contribution in [0.3, 0.4) is 0 Å². The van der Waals surface area contributed by atoms with Gasteiger partial charge in [-0.25, -0.2) is 4.79 Å². The first-order valence-electron chi connectivity index (χ1n) is 8.86. The molecule has 3 aromatic rings. The van der Waals surface area contributed by atoms with Crippen LogP contribution in [0.25, 0.3) is 0 Å². The molecule has 30 heavy (non-hydrogen) atoms. The van der Waals surface area contributed by atoms with Crippen molar-refractivity contribution in [3.05, 3.63) is 93.5 Å². The molecule has 1 N–H and O–H groups in total. The van der Waals surface area contributed by atoms with Gasteiger partial charge in [-0.05, 0) is 24.1 Å². The van der Waals surface area contributed by atoms with E-state index in [1.54, 1.807) is 55.5 Å². The van der Waals surface area contributed by atoms with E-state index in [1.807, 2.05) is 6.07 Å². The summed E-state index contributed by atoms with van der Waals surface area (Å²) < 4.78 is 35.2. The summed E-state index contributed by atoms with van der Waals surface area (Å²) >= 11 is -2.68. The lowest BCUT2D eigenvalue weighted by atomic mass is 10.2. The fourth-order valence-electron chi connectivity index (χ4n) is 2.82. The van der Waals surface area contributed by atoms with Gasteiger partial charge >= 0.3 is 5.97 Å². The van der Waals surface area contributed by atoms with Crippen LogP contribution < -0.4 is 14.5 Å². The van der Waals surface area contributed by atoms with Gasteiger partial charge in [0.1, 0.15) is 12.4 Å². The van der Waals surface area contributed by atoms with Crippen LogP contribution in [-0.2, 0) is 24.4 Å². The molecule has 0 fully saturated rings. The SMILES string of the molecule is Cc1ccccc1N(Cc1cc(=O)c(OCc2ccccc2)c(C(=O)O)o1)S(=O)[O-]. The van der Waals surface area contributed by atoms with Crippen molar-refractivity contribution < 1.29 is 27.8 Å². The third-order valence-electron chi connectivity index (χ3n) is 4.24. The summed E-state index contributed by atoms with van der Waals surface area (Å²) in [6, 6.07) is 16.7. The molecule has 156 valence electrons. The predicted octanol–water partition coefficient (Wildman–Crippen LogP) is 3.03. The lowest BCUT2D eigenvalue weighted by Gasteiger charge is -2.27. The third kappa shape index (κ3) is 4.94. The van der Waals surface area contributed by atoms with E-state index in [1.165, 1.54) is 0 Å². The monoisotopic (exact) mass is 428 g/mol. The molecular weight excluding hydrogens is 410 g/mol. The zero-order chi connectivity index (χ0) is 21.7. The fraction of sp³-hybridized carbons (Fsp3) is 0.143. The van der Waals surface area contributed by atoms with E-state index in [2.05, 4.69) is 0 Å². The average Bonchev–Trinajstić information content (AvgIpc) is 2.72. The van der Waals surface area contributed by atoms with Gasteiger partial charge in [-0.15, -0.1) is 0 Å². The maximum absolute atomic E-state index is 12.5. The van der Waals surface area contributed by atoms with E-state index in [0.29, 0.717) is 11.3 Å². The highest BCUT2D eigenvalue weighted by Crippen LogP contribution is 2.24. The number of hydrogen-bond donors (Lipinski definition) is 1. The lowest BCUT2D eigenvalue weighted by molar-refractivity contribution is 0.0647. The number of nitrogens with zero attached hydrogens (tertiary/aromatic N) is 1. The highest BCUT2D eigenvalue weighted by molar-refractivity contribution is 7.80. The van der Waals surface area contributed by atoms with Crippen molar-refractivity contribution in [3.63, 3.8) is 0 Å². The lowest BCUT2D eigenvalue weighted by Crippen LogP contribution is -2.26. The van der Waals surface area contributed by atoms with E-state index < -0.39 is 34.2 Å².